The van der Waals surface area contributed by atoms with E-state index in [1.54, 1.807) is 11.0 Å². The molecule has 0 unspecified atom stereocenters. The van der Waals surface area contributed by atoms with Crippen LogP contribution >= 0.6 is 22.6 Å². The van der Waals surface area contributed by atoms with Gasteiger partial charge in [0.25, 0.3) is 5.91 Å². The van der Waals surface area contributed by atoms with Crippen LogP contribution in [0.25, 0.3) is 0 Å². The third-order valence-electron chi connectivity index (χ3n) is 7.30. The molecule has 1 heterocycles. The molecule has 3 nitrogen and oxygen atoms in total. The summed E-state index contributed by atoms with van der Waals surface area (Å²) in [6.07, 6.45) is 5.97. The Labute approximate surface area is 194 Å². The van der Waals surface area contributed by atoms with Gasteiger partial charge in [0.1, 0.15) is 5.82 Å². The molecule has 0 atom stereocenters. The van der Waals surface area contributed by atoms with E-state index in [0.29, 0.717) is 16.7 Å². The van der Waals surface area contributed by atoms with Crippen molar-refractivity contribution in [1.29, 1.82) is 0 Å². The zero-order valence-electron chi connectivity index (χ0n) is 17.7. The number of hydrogen-bond acceptors (Lipinski definition) is 2. The molecule has 2 aromatic rings. The van der Waals surface area contributed by atoms with E-state index in [1.807, 2.05) is 22.6 Å². The van der Waals surface area contributed by atoms with E-state index in [-0.39, 0.29) is 33.7 Å². The van der Waals surface area contributed by atoms with Crippen LogP contribution in [0.1, 0.15) is 56.3 Å². The average molecular weight is 542 g/mol. The largest absolute Gasteiger partial charge is 0.350 e. The summed E-state index contributed by atoms with van der Waals surface area (Å²) < 4.78 is 43.6. The minimum Gasteiger partial charge on any atom is -0.350 e. The summed E-state index contributed by atoms with van der Waals surface area (Å²) in [6.45, 7) is 5.68. The molecule has 0 spiro atoms. The van der Waals surface area contributed by atoms with Crippen LogP contribution in [-0.2, 0) is 0 Å². The number of nitrogens with zero attached hydrogens (tertiary/aromatic N) is 1. The molecule has 0 aromatic heterocycles. The molecule has 0 radical (unpaired) electrons. The second-order valence-corrected chi connectivity index (χ2v) is 10.6. The van der Waals surface area contributed by atoms with Gasteiger partial charge in [0, 0.05) is 22.1 Å². The maximum atomic E-state index is 14.7. The lowest BCUT2D eigenvalue weighted by Gasteiger charge is -2.59. The molecule has 1 saturated carbocycles. The number of hydrogen-bond donors (Lipinski definition) is 1. The zero-order valence-corrected chi connectivity index (χ0v) is 19.9. The molecule has 0 bridgehead atoms. The predicted molar refractivity (Wildman–Crippen MR) is 124 cm³/mol. The lowest BCUT2D eigenvalue weighted by molar-refractivity contribution is -0.0821. The van der Waals surface area contributed by atoms with Gasteiger partial charge < -0.3 is 10.2 Å². The van der Waals surface area contributed by atoms with Crippen molar-refractivity contribution >= 4 is 39.9 Å². The average Bonchev–Trinajstić information content (AvgIpc) is 2.71. The van der Waals surface area contributed by atoms with Gasteiger partial charge >= 0.3 is 0 Å². The van der Waals surface area contributed by atoms with Crippen LogP contribution in [0.15, 0.2) is 30.3 Å². The van der Waals surface area contributed by atoms with Crippen LogP contribution in [-0.4, -0.2) is 23.9 Å². The van der Waals surface area contributed by atoms with Gasteiger partial charge in [-0.05, 0) is 71.2 Å². The number of amides is 1. The maximum absolute atomic E-state index is 14.7. The number of likely N-dealkylation sites (tertiary alicyclic amines) is 1. The van der Waals surface area contributed by atoms with Gasteiger partial charge in [0.15, 0.2) is 11.6 Å². The SMILES string of the molecule is CC1(C2(C)CN(C(=O)c3ccc(F)c(F)c3Nc3ccc(I)cc3F)C2)CCCCC1. The fourth-order valence-electron chi connectivity index (χ4n) is 5.00. The van der Waals surface area contributed by atoms with E-state index in [9.17, 15) is 18.0 Å². The number of carbonyl (C=O) groups excluding carboxylic acids is 1. The monoisotopic (exact) mass is 542 g/mol. The topological polar surface area (TPSA) is 32.3 Å². The maximum Gasteiger partial charge on any atom is 0.256 e. The molecule has 2 fully saturated rings. The summed E-state index contributed by atoms with van der Waals surface area (Å²) in [5.74, 6) is -3.25. The molecule has 1 aliphatic carbocycles. The lowest BCUT2D eigenvalue weighted by atomic mass is 9.55. The molecule has 4 rings (SSSR count). The Morgan fingerprint density at radius 3 is 2.29 bits per heavy atom. The summed E-state index contributed by atoms with van der Waals surface area (Å²) in [7, 11) is 0. The second kappa shape index (κ2) is 8.30. The van der Waals surface area contributed by atoms with Crippen molar-refractivity contribution in [2.24, 2.45) is 10.8 Å². The first kappa shape index (κ1) is 22.4. The van der Waals surface area contributed by atoms with Crippen molar-refractivity contribution in [2.75, 3.05) is 18.4 Å². The van der Waals surface area contributed by atoms with Crippen LogP contribution in [0, 0.1) is 31.9 Å². The van der Waals surface area contributed by atoms with Gasteiger partial charge in [-0.3, -0.25) is 4.79 Å². The molecule has 1 N–H and O–H groups in total. The third-order valence-corrected chi connectivity index (χ3v) is 7.97. The van der Waals surface area contributed by atoms with E-state index in [0.717, 1.165) is 18.9 Å². The van der Waals surface area contributed by atoms with Gasteiger partial charge in [-0.2, -0.15) is 0 Å². The smallest absolute Gasteiger partial charge is 0.256 e. The van der Waals surface area contributed by atoms with Crippen molar-refractivity contribution in [1.82, 2.24) is 4.90 Å². The Bertz CT molecular complexity index is 1010. The Morgan fingerprint density at radius 2 is 1.65 bits per heavy atom. The van der Waals surface area contributed by atoms with Gasteiger partial charge in [0.05, 0.1) is 16.9 Å². The van der Waals surface area contributed by atoms with Gasteiger partial charge in [-0.25, -0.2) is 13.2 Å². The quantitative estimate of drug-likeness (QED) is 0.427. The highest BCUT2D eigenvalue weighted by Gasteiger charge is 2.53. The third kappa shape index (κ3) is 4.05. The predicted octanol–water partition coefficient (Wildman–Crippen LogP) is 6.88. The highest BCUT2D eigenvalue weighted by Crippen LogP contribution is 2.54. The molecule has 1 saturated heterocycles. The van der Waals surface area contributed by atoms with Crippen molar-refractivity contribution in [3.05, 3.63) is 56.9 Å². The Hall–Kier alpha value is -1.77. The Morgan fingerprint density at radius 1 is 0.968 bits per heavy atom. The minimum absolute atomic E-state index is 0.00713. The summed E-state index contributed by atoms with van der Waals surface area (Å²) in [6, 6.07) is 6.59. The van der Waals surface area contributed by atoms with Crippen molar-refractivity contribution in [2.45, 2.75) is 46.0 Å². The van der Waals surface area contributed by atoms with Crippen LogP contribution in [0.3, 0.4) is 0 Å². The van der Waals surface area contributed by atoms with Gasteiger partial charge in [0.2, 0.25) is 0 Å². The zero-order chi connectivity index (χ0) is 22.4. The van der Waals surface area contributed by atoms with Crippen LogP contribution < -0.4 is 5.32 Å². The van der Waals surface area contributed by atoms with Crippen LogP contribution in [0.2, 0.25) is 0 Å². The second-order valence-electron chi connectivity index (χ2n) is 9.38. The molecule has 7 heteroatoms. The molecular formula is C24H26F3IN2O. The lowest BCUT2D eigenvalue weighted by Crippen LogP contribution is -2.63. The highest BCUT2D eigenvalue weighted by molar-refractivity contribution is 14.1. The van der Waals surface area contributed by atoms with Crippen molar-refractivity contribution < 1.29 is 18.0 Å². The first-order valence-electron chi connectivity index (χ1n) is 10.6. The minimum atomic E-state index is -1.19. The van der Waals surface area contributed by atoms with E-state index >= 15 is 0 Å². The van der Waals surface area contributed by atoms with E-state index in [2.05, 4.69) is 19.2 Å². The van der Waals surface area contributed by atoms with Crippen molar-refractivity contribution in [3.8, 4) is 0 Å². The number of rotatable bonds is 4. The molecule has 2 aromatic carbocycles. The summed E-state index contributed by atoms with van der Waals surface area (Å²) >= 11 is 1.96. The standard InChI is InChI=1S/C24H26F3IN2O/c1-23(10-4-3-5-11-23)24(2)13-30(14-24)22(31)16-7-8-17(25)20(27)21(16)29-19-9-6-15(28)12-18(19)26/h6-9,12,29H,3-5,10-11,13-14H2,1-2H3. The van der Waals surface area contributed by atoms with Gasteiger partial charge in [-0.1, -0.05) is 33.1 Å². The molecule has 31 heavy (non-hydrogen) atoms. The van der Waals surface area contributed by atoms with E-state index in [1.165, 1.54) is 37.5 Å². The van der Waals surface area contributed by atoms with Gasteiger partial charge in [-0.15, -0.1) is 0 Å². The number of carbonyl (C=O) groups is 1. The number of benzene rings is 2. The Balaban J connectivity index is 1.58. The first-order valence-corrected chi connectivity index (χ1v) is 11.7. The first-order chi connectivity index (χ1) is 14.6. The number of nitrogens with one attached hydrogen (secondary N) is 1. The Kier molecular flexibility index (Phi) is 6.00. The number of halogens is 4. The van der Waals surface area contributed by atoms with Crippen LogP contribution in [0.5, 0.6) is 0 Å². The number of anilines is 2. The van der Waals surface area contributed by atoms with E-state index < -0.39 is 17.5 Å². The molecular weight excluding hydrogens is 516 g/mol. The normalized spacial score (nSPS) is 19.6. The molecule has 1 amide bonds. The highest BCUT2D eigenvalue weighted by atomic mass is 127. The van der Waals surface area contributed by atoms with E-state index in [4.69, 9.17) is 0 Å². The summed E-state index contributed by atoms with van der Waals surface area (Å²) in [5, 5.41) is 2.61. The summed E-state index contributed by atoms with van der Waals surface area (Å²) in [4.78, 5) is 14.9. The summed E-state index contributed by atoms with van der Waals surface area (Å²) in [5.41, 5.74) is -0.142. The fraction of sp³-hybridized carbons (Fsp3) is 0.458. The molecule has 1 aliphatic heterocycles. The van der Waals surface area contributed by atoms with Crippen LogP contribution in [0.4, 0.5) is 24.5 Å². The fourth-order valence-corrected chi connectivity index (χ4v) is 5.46. The van der Waals surface area contributed by atoms with Crippen molar-refractivity contribution in [3.63, 3.8) is 0 Å². The molecule has 2 aliphatic rings. The molecule has 166 valence electrons.